The van der Waals surface area contributed by atoms with Crippen LogP contribution in [0.4, 0.5) is 10.1 Å². The van der Waals surface area contributed by atoms with Gasteiger partial charge in [0.2, 0.25) is 0 Å². The molecule has 1 aliphatic rings. The van der Waals surface area contributed by atoms with E-state index in [4.69, 9.17) is 11.6 Å². The molecule has 0 radical (unpaired) electrons. The van der Waals surface area contributed by atoms with Gasteiger partial charge in [0.1, 0.15) is 0 Å². The molecule has 1 aromatic rings. The summed E-state index contributed by atoms with van der Waals surface area (Å²) >= 11 is 5.77. The predicted molar refractivity (Wildman–Crippen MR) is 65.7 cm³/mol. The van der Waals surface area contributed by atoms with Crippen LogP contribution in [-0.4, -0.2) is 25.7 Å². The Kier molecular flexibility index (Phi) is 3.66. The number of hydrogen-bond acceptors (Lipinski definition) is 2. The van der Waals surface area contributed by atoms with E-state index in [0.29, 0.717) is 11.7 Å². The van der Waals surface area contributed by atoms with E-state index in [2.05, 4.69) is 17.1 Å². The molecule has 1 unspecified atom stereocenters. The monoisotopic (exact) mass is 242 g/mol. The highest BCUT2D eigenvalue weighted by molar-refractivity contribution is 6.31. The topological polar surface area (TPSA) is 15.3 Å². The van der Waals surface area contributed by atoms with Crippen LogP contribution in [-0.2, 0) is 0 Å². The van der Waals surface area contributed by atoms with Gasteiger partial charge in [0.15, 0.2) is 5.82 Å². The Balaban J connectivity index is 2.11. The van der Waals surface area contributed by atoms with Gasteiger partial charge in [-0.15, -0.1) is 0 Å². The summed E-state index contributed by atoms with van der Waals surface area (Å²) in [6.45, 7) is 4.78. The normalized spacial score (nSPS) is 20.4. The summed E-state index contributed by atoms with van der Waals surface area (Å²) in [7, 11) is 0. The van der Waals surface area contributed by atoms with Crippen molar-refractivity contribution in [2.24, 2.45) is 0 Å². The second-order valence-corrected chi connectivity index (χ2v) is 4.47. The standard InChI is InChI=1S/C12H16ClFN2/c1-2-15-9-6-7-16(8-9)11-5-3-4-10(13)12(11)14/h3-5,9,15H,2,6-8H2,1H3. The quantitative estimate of drug-likeness (QED) is 0.877. The first-order valence-corrected chi connectivity index (χ1v) is 6.02. The van der Waals surface area contributed by atoms with Gasteiger partial charge in [-0.05, 0) is 25.1 Å². The van der Waals surface area contributed by atoms with Crippen LogP contribution in [0.2, 0.25) is 5.02 Å². The Hall–Kier alpha value is -0.800. The molecule has 1 aliphatic heterocycles. The summed E-state index contributed by atoms with van der Waals surface area (Å²) in [6.07, 6.45) is 1.06. The van der Waals surface area contributed by atoms with Crippen molar-refractivity contribution >= 4 is 17.3 Å². The zero-order valence-corrected chi connectivity index (χ0v) is 10.1. The third kappa shape index (κ3) is 2.30. The fraction of sp³-hybridized carbons (Fsp3) is 0.500. The van der Waals surface area contributed by atoms with Gasteiger partial charge in [0.05, 0.1) is 10.7 Å². The maximum atomic E-state index is 13.8. The van der Waals surface area contributed by atoms with E-state index in [0.717, 1.165) is 26.1 Å². The molecule has 0 amide bonds. The van der Waals surface area contributed by atoms with Gasteiger partial charge >= 0.3 is 0 Å². The molecule has 1 saturated heterocycles. The van der Waals surface area contributed by atoms with E-state index < -0.39 is 0 Å². The second kappa shape index (κ2) is 5.02. The zero-order valence-electron chi connectivity index (χ0n) is 9.34. The van der Waals surface area contributed by atoms with Gasteiger partial charge in [0, 0.05) is 19.1 Å². The number of benzene rings is 1. The molecular weight excluding hydrogens is 227 g/mol. The molecule has 0 spiro atoms. The number of halogens is 2. The van der Waals surface area contributed by atoms with E-state index in [9.17, 15) is 4.39 Å². The molecule has 0 bridgehead atoms. The number of nitrogens with one attached hydrogen (secondary N) is 1. The van der Waals surface area contributed by atoms with Gasteiger partial charge < -0.3 is 10.2 Å². The molecule has 0 saturated carbocycles. The van der Waals surface area contributed by atoms with Gasteiger partial charge in [0.25, 0.3) is 0 Å². The number of anilines is 1. The maximum absolute atomic E-state index is 13.8. The molecule has 1 heterocycles. The highest BCUT2D eigenvalue weighted by Crippen LogP contribution is 2.28. The second-order valence-electron chi connectivity index (χ2n) is 4.06. The lowest BCUT2D eigenvalue weighted by Crippen LogP contribution is -2.32. The summed E-state index contributed by atoms with van der Waals surface area (Å²) < 4.78 is 13.8. The number of hydrogen-bond donors (Lipinski definition) is 1. The van der Waals surface area contributed by atoms with E-state index >= 15 is 0 Å². The Morgan fingerprint density at radius 2 is 2.38 bits per heavy atom. The van der Waals surface area contributed by atoms with Crippen LogP contribution in [0.15, 0.2) is 18.2 Å². The molecule has 1 aromatic carbocycles. The SMILES string of the molecule is CCNC1CCN(c2cccc(Cl)c2F)C1. The van der Waals surface area contributed by atoms with E-state index in [1.165, 1.54) is 0 Å². The van der Waals surface area contributed by atoms with Crippen molar-refractivity contribution in [2.75, 3.05) is 24.5 Å². The molecule has 1 atom stereocenters. The summed E-state index contributed by atoms with van der Waals surface area (Å²) in [6, 6.07) is 5.62. The highest BCUT2D eigenvalue weighted by atomic mass is 35.5. The van der Waals surface area contributed by atoms with Crippen LogP contribution in [0.3, 0.4) is 0 Å². The van der Waals surface area contributed by atoms with Crippen LogP contribution in [0.1, 0.15) is 13.3 Å². The van der Waals surface area contributed by atoms with Gasteiger partial charge in [-0.2, -0.15) is 0 Å². The first-order valence-electron chi connectivity index (χ1n) is 5.64. The van der Waals surface area contributed by atoms with E-state index in [-0.39, 0.29) is 10.8 Å². The fourth-order valence-electron chi connectivity index (χ4n) is 2.17. The molecule has 1 N–H and O–H groups in total. The highest BCUT2D eigenvalue weighted by Gasteiger charge is 2.24. The van der Waals surface area contributed by atoms with E-state index in [1.807, 2.05) is 0 Å². The zero-order chi connectivity index (χ0) is 11.5. The van der Waals surface area contributed by atoms with Crippen molar-refractivity contribution < 1.29 is 4.39 Å². The van der Waals surface area contributed by atoms with Crippen LogP contribution >= 0.6 is 11.6 Å². The smallest absolute Gasteiger partial charge is 0.165 e. The Morgan fingerprint density at radius 1 is 1.56 bits per heavy atom. The lowest BCUT2D eigenvalue weighted by molar-refractivity contribution is 0.570. The van der Waals surface area contributed by atoms with Crippen molar-refractivity contribution in [3.63, 3.8) is 0 Å². The van der Waals surface area contributed by atoms with Crippen molar-refractivity contribution in [3.8, 4) is 0 Å². The van der Waals surface area contributed by atoms with Crippen LogP contribution < -0.4 is 10.2 Å². The molecule has 0 aliphatic carbocycles. The molecule has 88 valence electrons. The first-order chi connectivity index (χ1) is 7.72. The van der Waals surface area contributed by atoms with Crippen LogP contribution in [0, 0.1) is 5.82 Å². The summed E-state index contributed by atoms with van der Waals surface area (Å²) in [4.78, 5) is 2.05. The molecule has 16 heavy (non-hydrogen) atoms. The summed E-state index contributed by atoms with van der Waals surface area (Å²) in [5.74, 6) is -0.304. The molecule has 0 aromatic heterocycles. The minimum atomic E-state index is -0.304. The van der Waals surface area contributed by atoms with Gasteiger partial charge in [-0.25, -0.2) is 4.39 Å². The molecular formula is C12H16ClFN2. The van der Waals surface area contributed by atoms with Gasteiger partial charge in [-0.3, -0.25) is 0 Å². The number of rotatable bonds is 3. The van der Waals surface area contributed by atoms with Crippen molar-refractivity contribution in [2.45, 2.75) is 19.4 Å². The lowest BCUT2D eigenvalue weighted by atomic mass is 10.2. The lowest BCUT2D eigenvalue weighted by Gasteiger charge is -2.19. The number of nitrogens with zero attached hydrogens (tertiary/aromatic N) is 1. The molecule has 2 nitrogen and oxygen atoms in total. The van der Waals surface area contributed by atoms with Crippen molar-refractivity contribution in [1.82, 2.24) is 5.32 Å². The minimum Gasteiger partial charge on any atom is -0.368 e. The van der Waals surface area contributed by atoms with Crippen molar-refractivity contribution in [3.05, 3.63) is 29.0 Å². The van der Waals surface area contributed by atoms with E-state index in [1.54, 1.807) is 18.2 Å². The molecule has 4 heteroatoms. The average molecular weight is 243 g/mol. The van der Waals surface area contributed by atoms with Gasteiger partial charge in [-0.1, -0.05) is 24.6 Å². The molecule has 2 rings (SSSR count). The Morgan fingerprint density at radius 3 is 3.12 bits per heavy atom. The third-order valence-corrected chi connectivity index (χ3v) is 3.24. The Bertz CT molecular complexity index is 370. The Labute approximate surface area is 100 Å². The average Bonchev–Trinajstić information content (AvgIpc) is 2.71. The molecule has 1 fully saturated rings. The summed E-state index contributed by atoms with van der Waals surface area (Å²) in [5, 5.41) is 3.58. The first kappa shape index (κ1) is 11.7. The minimum absolute atomic E-state index is 0.199. The maximum Gasteiger partial charge on any atom is 0.165 e. The summed E-state index contributed by atoms with van der Waals surface area (Å²) in [5.41, 5.74) is 0.618. The van der Waals surface area contributed by atoms with Crippen LogP contribution in [0.5, 0.6) is 0 Å². The van der Waals surface area contributed by atoms with Crippen LogP contribution in [0.25, 0.3) is 0 Å². The predicted octanol–water partition coefficient (Wildman–Crippen LogP) is 2.67. The number of likely N-dealkylation sites (N-methyl/N-ethyl adjacent to an activating group) is 1. The fourth-order valence-corrected chi connectivity index (χ4v) is 2.34. The largest absolute Gasteiger partial charge is 0.368 e. The third-order valence-electron chi connectivity index (χ3n) is 2.95. The van der Waals surface area contributed by atoms with Crippen molar-refractivity contribution in [1.29, 1.82) is 0 Å².